The first-order valence-electron chi connectivity index (χ1n) is 13.0. The smallest absolute Gasteiger partial charge is 0.255 e. The largest absolute Gasteiger partial charge is 0.393 e. The average Bonchev–Trinajstić information content (AvgIpc) is 3.12. The molecule has 0 bridgehead atoms. The van der Waals surface area contributed by atoms with Crippen molar-refractivity contribution in [2.45, 2.75) is 63.6 Å². The summed E-state index contributed by atoms with van der Waals surface area (Å²) in [5, 5.41) is 26.7. The minimum absolute atomic E-state index is 0.0591. The van der Waals surface area contributed by atoms with Crippen molar-refractivity contribution in [3.05, 3.63) is 75.8 Å². The molecule has 4 unspecified atom stereocenters. The Labute approximate surface area is 207 Å². The number of aromatic nitrogens is 1. The molecule has 0 radical (unpaired) electrons. The van der Waals surface area contributed by atoms with Gasteiger partial charge in [0.15, 0.2) is 0 Å². The Morgan fingerprint density at radius 2 is 1.91 bits per heavy atom. The number of aromatic amines is 1. The molecule has 1 saturated carbocycles. The standard InChI is InChI=1S/C28H31NO3.C2H7N/c1-27-11-9-21-15-20-16-22(30)4-2-17(20)8-12-28(21,32)25(27)7-6-24(27)19-3-5-23-18(14-19)10-13-29-26(23)31;1-3-2/h3,5-6,9-10,13-15,17,22,25,30,32H,2,4,7-8,11-12,16H2,1H3,(H,29,31);3H,1-2H3/t17?,22?,25?,27?,28-;/m1./s1. The van der Waals surface area contributed by atoms with Gasteiger partial charge in [0.25, 0.3) is 5.56 Å². The first-order valence-corrected chi connectivity index (χ1v) is 13.0. The number of aliphatic hydroxyl groups excluding tert-OH is 1. The van der Waals surface area contributed by atoms with Gasteiger partial charge in [0.1, 0.15) is 0 Å². The molecule has 35 heavy (non-hydrogen) atoms. The second-order valence-corrected chi connectivity index (χ2v) is 11.1. The van der Waals surface area contributed by atoms with Crippen LogP contribution in [0, 0.1) is 17.3 Å². The maximum atomic E-state index is 12.1. The van der Waals surface area contributed by atoms with Crippen molar-refractivity contribution in [2.75, 3.05) is 14.1 Å². The molecule has 2 aromatic rings. The zero-order chi connectivity index (χ0) is 24.8. The van der Waals surface area contributed by atoms with Crippen molar-refractivity contribution in [3.63, 3.8) is 0 Å². The molecule has 186 valence electrons. The van der Waals surface area contributed by atoms with E-state index in [1.165, 1.54) is 11.1 Å². The monoisotopic (exact) mass is 474 g/mol. The summed E-state index contributed by atoms with van der Waals surface area (Å²) in [7, 11) is 3.75. The fourth-order valence-electron chi connectivity index (χ4n) is 7.12. The summed E-state index contributed by atoms with van der Waals surface area (Å²) in [5.74, 6) is 0.634. The molecule has 0 amide bonds. The van der Waals surface area contributed by atoms with E-state index in [9.17, 15) is 15.0 Å². The fraction of sp³-hybridized carbons (Fsp3) is 0.500. The maximum absolute atomic E-state index is 12.1. The van der Waals surface area contributed by atoms with Crippen LogP contribution < -0.4 is 10.9 Å². The fourth-order valence-corrected chi connectivity index (χ4v) is 7.12. The highest BCUT2D eigenvalue weighted by molar-refractivity contribution is 5.87. The van der Waals surface area contributed by atoms with E-state index in [1.807, 2.05) is 26.2 Å². The Bertz CT molecular complexity index is 1270. The van der Waals surface area contributed by atoms with Crippen LogP contribution in [0.4, 0.5) is 0 Å². The SMILES string of the molecule is CC12CC=C3C=C4CC(O)CCC4CC[C@]3(O)C1CC=C2c1ccc2c(=O)[nH]ccc2c1.CNC. The summed E-state index contributed by atoms with van der Waals surface area (Å²) in [6.07, 6.45) is 14.5. The minimum Gasteiger partial charge on any atom is -0.393 e. The maximum Gasteiger partial charge on any atom is 0.255 e. The number of pyridine rings is 1. The van der Waals surface area contributed by atoms with E-state index in [0.717, 1.165) is 61.5 Å². The van der Waals surface area contributed by atoms with Gasteiger partial charge in [0.2, 0.25) is 0 Å². The third-order valence-corrected chi connectivity index (χ3v) is 8.91. The van der Waals surface area contributed by atoms with Gasteiger partial charge in [0.05, 0.1) is 11.7 Å². The number of nitrogens with one attached hydrogen (secondary N) is 2. The molecule has 1 heterocycles. The molecule has 5 atom stereocenters. The van der Waals surface area contributed by atoms with E-state index in [2.05, 4.69) is 47.6 Å². The van der Waals surface area contributed by atoms with Crippen molar-refractivity contribution in [2.24, 2.45) is 17.3 Å². The van der Waals surface area contributed by atoms with Crippen LogP contribution >= 0.6 is 0 Å². The second-order valence-electron chi connectivity index (χ2n) is 11.1. The first kappa shape index (κ1) is 24.2. The van der Waals surface area contributed by atoms with Crippen LogP contribution in [-0.4, -0.2) is 41.0 Å². The first-order chi connectivity index (χ1) is 16.8. The predicted octanol–water partition coefficient (Wildman–Crippen LogP) is 4.72. The van der Waals surface area contributed by atoms with Crippen molar-refractivity contribution in [3.8, 4) is 0 Å². The molecule has 5 heteroatoms. The summed E-state index contributed by atoms with van der Waals surface area (Å²) in [6.45, 7) is 2.30. The third kappa shape index (κ3) is 4.04. The van der Waals surface area contributed by atoms with Gasteiger partial charge >= 0.3 is 0 Å². The van der Waals surface area contributed by atoms with Gasteiger partial charge in [0, 0.05) is 22.9 Å². The molecule has 4 aliphatic carbocycles. The van der Waals surface area contributed by atoms with Crippen LogP contribution in [0.2, 0.25) is 0 Å². The third-order valence-electron chi connectivity index (χ3n) is 8.91. The summed E-state index contributed by atoms with van der Waals surface area (Å²) in [5.41, 5.74) is 3.83. The molecule has 1 fully saturated rings. The Morgan fingerprint density at radius 3 is 2.71 bits per heavy atom. The van der Waals surface area contributed by atoms with Crippen LogP contribution in [0.3, 0.4) is 0 Å². The number of fused-ring (bicyclic) bond motifs is 5. The second kappa shape index (κ2) is 9.20. The Morgan fingerprint density at radius 1 is 1.11 bits per heavy atom. The van der Waals surface area contributed by atoms with Crippen LogP contribution in [0.15, 0.2) is 64.6 Å². The van der Waals surface area contributed by atoms with Crippen molar-refractivity contribution >= 4 is 16.3 Å². The zero-order valence-corrected chi connectivity index (χ0v) is 21.1. The van der Waals surface area contributed by atoms with E-state index in [0.29, 0.717) is 11.3 Å². The van der Waals surface area contributed by atoms with Gasteiger partial charge in [-0.15, -0.1) is 0 Å². The van der Waals surface area contributed by atoms with E-state index < -0.39 is 5.60 Å². The van der Waals surface area contributed by atoms with E-state index in [4.69, 9.17) is 0 Å². The average molecular weight is 475 g/mol. The number of hydrogen-bond acceptors (Lipinski definition) is 4. The van der Waals surface area contributed by atoms with Gasteiger partial charge in [-0.1, -0.05) is 36.8 Å². The lowest BCUT2D eigenvalue weighted by Crippen LogP contribution is -2.48. The van der Waals surface area contributed by atoms with Gasteiger partial charge in [-0.05, 0) is 105 Å². The molecule has 4 N–H and O–H groups in total. The quantitative estimate of drug-likeness (QED) is 0.482. The molecular formula is C30H38N2O3. The summed E-state index contributed by atoms with van der Waals surface area (Å²) >= 11 is 0. The molecule has 1 aromatic heterocycles. The van der Waals surface area contributed by atoms with Gasteiger partial charge in [-0.2, -0.15) is 0 Å². The molecule has 0 saturated heterocycles. The highest BCUT2D eigenvalue weighted by atomic mass is 16.3. The number of hydrogen-bond donors (Lipinski definition) is 4. The lowest BCUT2D eigenvalue weighted by atomic mass is 9.58. The van der Waals surface area contributed by atoms with Crippen molar-refractivity contribution < 1.29 is 10.2 Å². The molecule has 4 aliphatic rings. The number of aliphatic hydroxyl groups is 2. The highest BCUT2D eigenvalue weighted by Crippen LogP contribution is 2.61. The van der Waals surface area contributed by atoms with Crippen molar-refractivity contribution in [1.82, 2.24) is 10.3 Å². The topological polar surface area (TPSA) is 85.3 Å². The van der Waals surface area contributed by atoms with Crippen LogP contribution in [-0.2, 0) is 0 Å². The number of benzene rings is 1. The van der Waals surface area contributed by atoms with E-state index >= 15 is 0 Å². The molecule has 0 spiro atoms. The summed E-state index contributed by atoms with van der Waals surface area (Å²) in [4.78, 5) is 14.9. The summed E-state index contributed by atoms with van der Waals surface area (Å²) < 4.78 is 0. The normalized spacial score (nSPS) is 33.7. The molecule has 6 rings (SSSR count). The van der Waals surface area contributed by atoms with E-state index in [-0.39, 0.29) is 23.0 Å². The molecule has 1 aromatic carbocycles. The number of allylic oxidation sites excluding steroid dienone is 3. The summed E-state index contributed by atoms with van der Waals surface area (Å²) in [6, 6.07) is 8.06. The lowest BCUT2D eigenvalue weighted by molar-refractivity contribution is -0.0330. The van der Waals surface area contributed by atoms with Crippen LogP contribution in [0.25, 0.3) is 16.3 Å². The van der Waals surface area contributed by atoms with E-state index in [1.54, 1.807) is 6.20 Å². The van der Waals surface area contributed by atoms with Gasteiger partial charge < -0.3 is 20.5 Å². The minimum atomic E-state index is -0.825. The zero-order valence-electron chi connectivity index (χ0n) is 21.1. The van der Waals surface area contributed by atoms with Gasteiger partial charge in [-0.25, -0.2) is 0 Å². The Hall–Kier alpha value is -2.47. The number of rotatable bonds is 1. The number of H-pyrrole nitrogens is 1. The van der Waals surface area contributed by atoms with Crippen molar-refractivity contribution in [1.29, 1.82) is 0 Å². The van der Waals surface area contributed by atoms with Gasteiger partial charge in [-0.3, -0.25) is 4.79 Å². The highest BCUT2D eigenvalue weighted by Gasteiger charge is 2.55. The molecule has 5 nitrogen and oxygen atoms in total. The van der Waals surface area contributed by atoms with Crippen LogP contribution in [0.5, 0.6) is 0 Å². The molecular weight excluding hydrogens is 436 g/mol. The molecule has 0 aliphatic heterocycles. The Balaban J connectivity index is 0.000000806. The van der Waals surface area contributed by atoms with Crippen LogP contribution in [0.1, 0.15) is 57.4 Å². The lowest BCUT2D eigenvalue weighted by Gasteiger charge is -2.48. The predicted molar refractivity (Wildman–Crippen MR) is 142 cm³/mol. The Kier molecular flexibility index (Phi) is 6.37.